The molecular formula is C13H12N2O2. The number of hydrogen-bond donors (Lipinski definition) is 0. The van der Waals surface area contributed by atoms with Crippen molar-refractivity contribution >= 4 is 22.9 Å². The van der Waals surface area contributed by atoms with Crippen LogP contribution in [0.15, 0.2) is 36.8 Å². The maximum Gasteiger partial charge on any atom is 0.330 e. The minimum absolute atomic E-state index is 0.361. The first-order chi connectivity index (χ1) is 8.31. The van der Waals surface area contributed by atoms with Gasteiger partial charge in [-0.25, -0.2) is 4.79 Å². The Hall–Kier alpha value is -2.23. The van der Waals surface area contributed by atoms with Crippen molar-refractivity contribution in [1.29, 1.82) is 0 Å². The molecule has 0 aromatic carbocycles. The van der Waals surface area contributed by atoms with E-state index >= 15 is 0 Å². The Morgan fingerprint density at radius 2 is 2.35 bits per heavy atom. The number of ether oxygens (including phenoxy) is 1. The van der Waals surface area contributed by atoms with Gasteiger partial charge in [-0.2, -0.15) is 0 Å². The Kier molecular flexibility index (Phi) is 3.45. The minimum Gasteiger partial charge on any atom is -0.463 e. The molecule has 0 amide bonds. The van der Waals surface area contributed by atoms with Crippen molar-refractivity contribution in [3.63, 3.8) is 0 Å². The van der Waals surface area contributed by atoms with E-state index in [-0.39, 0.29) is 5.97 Å². The normalized spacial score (nSPS) is 10.9. The van der Waals surface area contributed by atoms with Crippen molar-refractivity contribution in [2.24, 2.45) is 0 Å². The summed E-state index contributed by atoms with van der Waals surface area (Å²) in [4.78, 5) is 19.6. The van der Waals surface area contributed by atoms with Gasteiger partial charge in [0.15, 0.2) is 0 Å². The lowest BCUT2D eigenvalue weighted by Crippen LogP contribution is -1.98. The first-order valence-electron chi connectivity index (χ1n) is 5.35. The summed E-state index contributed by atoms with van der Waals surface area (Å²) < 4.78 is 4.81. The van der Waals surface area contributed by atoms with Gasteiger partial charge in [0.25, 0.3) is 0 Å². The third kappa shape index (κ3) is 2.66. The highest BCUT2D eigenvalue weighted by atomic mass is 16.5. The average Bonchev–Trinajstić information content (AvgIpc) is 2.36. The minimum atomic E-state index is -0.361. The van der Waals surface area contributed by atoms with Gasteiger partial charge in [0.05, 0.1) is 12.1 Å². The lowest BCUT2D eigenvalue weighted by atomic mass is 10.2. The van der Waals surface area contributed by atoms with Crippen LogP contribution in [0.3, 0.4) is 0 Å². The molecule has 0 N–H and O–H groups in total. The van der Waals surface area contributed by atoms with Gasteiger partial charge in [0.1, 0.15) is 0 Å². The molecule has 0 aliphatic carbocycles. The Bertz CT molecular complexity index is 559. The summed E-state index contributed by atoms with van der Waals surface area (Å²) in [6.07, 6.45) is 8.17. The lowest BCUT2D eigenvalue weighted by Gasteiger charge is -1.99. The van der Waals surface area contributed by atoms with Gasteiger partial charge in [-0.1, -0.05) is 0 Å². The van der Waals surface area contributed by atoms with Crippen LogP contribution >= 0.6 is 0 Å². The average molecular weight is 228 g/mol. The molecule has 0 spiro atoms. The SMILES string of the molecule is CCOC(=O)C=Cc1cncc2cccnc12. The largest absolute Gasteiger partial charge is 0.463 e. The molecule has 0 radical (unpaired) electrons. The van der Waals surface area contributed by atoms with Crippen molar-refractivity contribution in [2.75, 3.05) is 6.61 Å². The van der Waals surface area contributed by atoms with Gasteiger partial charge in [-0.3, -0.25) is 9.97 Å². The number of pyridine rings is 2. The third-order valence-electron chi connectivity index (χ3n) is 2.23. The molecule has 0 saturated heterocycles. The molecule has 0 aliphatic rings. The van der Waals surface area contributed by atoms with E-state index in [0.29, 0.717) is 6.61 Å². The Morgan fingerprint density at radius 3 is 3.18 bits per heavy atom. The number of carbonyl (C=O) groups excluding carboxylic acids is 1. The monoisotopic (exact) mass is 228 g/mol. The smallest absolute Gasteiger partial charge is 0.330 e. The summed E-state index contributed by atoms with van der Waals surface area (Å²) in [5, 5.41) is 0.943. The van der Waals surface area contributed by atoms with Gasteiger partial charge in [0, 0.05) is 35.6 Å². The Morgan fingerprint density at radius 1 is 1.47 bits per heavy atom. The zero-order valence-corrected chi connectivity index (χ0v) is 9.46. The molecule has 86 valence electrons. The fourth-order valence-corrected chi connectivity index (χ4v) is 1.49. The topological polar surface area (TPSA) is 52.1 Å². The van der Waals surface area contributed by atoms with Crippen molar-refractivity contribution in [3.8, 4) is 0 Å². The second-order valence-electron chi connectivity index (χ2n) is 3.39. The zero-order chi connectivity index (χ0) is 12.1. The molecule has 2 aromatic heterocycles. The molecule has 0 saturated carbocycles. The molecule has 0 aliphatic heterocycles. The van der Waals surface area contributed by atoms with Crippen LogP contribution in [0.25, 0.3) is 17.0 Å². The summed E-state index contributed by atoms with van der Waals surface area (Å²) in [6.45, 7) is 2.14. The highest BCUT2D eigenvalue weighted by Crippen LogP contribution is 2.15. The first kappa shape index (κ1) is 11.3. The third-order valence-corrected chi connectivity index (χ3v) is 2.23. The van der Waals surface area contributed by atoms with E-state index in [2.05, 4.69) is 9.97 Å². The lowest BCUT2D eigenvalue weighted by molar-refractivity contribution is -0.137. The number of aromatic nitrogens is 2. The number of esters is 1. The molecule has 0 fully saturated rings. The van der Waals surface area contributed by atoms with Crippen molar-refractivity contribution in [1.82, 2.24) is 9.97 Å². The van der Waals surface area contributed by atoms with Crippen LogP contribution in [0.2, 0.25) is 0 Å². The highest BCUT2D eigenvalue weighted by molar-refractivity contribution is 5.92. The molecule has 0 unspecified atom stereocenters. The Labute approximate surface area is 99.0 Å². The highest BCUT2D eigenvalue weighted by Gasteiger charge is 2.00. The van der Waals surface area contributed by atoms with E-state index in [4.69, 9.17) is 4.74 Å². The van der Waals surface area contributed by atoms with Crippen LogP contribution in [-0.2, 0) is 9.53 Å². The molecule has 2 rings (SSSR count). The van der Waals surface area contributed by atoms with E-state index in [0.717, 1.165) is 16.5 Å². The number of fused-ring (bicyclic) bond motifs is 1. The molecule has 17 heavy (non-hydrogen) atoms. The molecule has 0 atom stereocenters. The Balaban J connectivity index is 2.33. The second kappa shape index (κ2) is 5.21. The summed E-state index contributed by atoms with van der Waals surface area (Å²) in [5.41, 5.74) is 1.62. The zero-order valence-electron chi connectivity index (χ0n) is 9.46. The quantitative estimate of drug-likeness (QED) is 0.597. The van der Waals surface area contributed by atoms with Crippen molar-refractivity contribution in [3.05, 3.63) is 42.4 Å². The maximum atomic E-state index is 11.2. The number of nitrogens with zero attached hydrogens (tertiary/aromatic N) is 2. The van der Waals surface area contributed by atoms with Crippen LogP contribution in [-0.4, -0.2) is 22.5 Å². The maximum absolute atomic E-state index is 11.2. The molecular weight excluding hydrogens is 216 g/mol. The summed E-state index contributed by atoms with van der Waals surface area (Å²) in [7, 11) is 0. The summed E-state index contributed by atoms with van der Waals surface area (Å²) in [5.74, 6) is -0.361. The number of rotatable bonds is 3. The van der Waals surface area contributed by atoms with Gasteiger partial charge in [-0.05, 0) is 25.1 Å². The van der Waals surface area contributed by atoms with Gasteiger partial charge < -0.3 is 4.74 Å². The van der Waals surface area contributed by atoms with E-state index in [1.165, 1.54) is 6.08 Å². The predicted octanol–water partition coefficient (Wildman–Crippen LogP) is 2.21. The molecule has 4 nitrogen and oxygen atoms in total. The molecule has 4 heteroatoms. The fourth-order valence-electron chi connectivity index (χ4n) is 1.49. The summed E-state index contributed by atoms with van der Waals surface area (Å²) in [6, 6.07) is 3.78. The second-order valence-corrected chi connectivity index (χ2v) is 3.39. The predicted molar refractivity (Wildman–Crippen MR) is 65.2 cm³/mol. The van der Waals surface area contributed by atoms with Gasteiger partial charge in [0.2, 0.25) is 0 Å². The van der Waals surface area contributed by atoms with Crippen LogP contribution in [0.4, 0.5) is 0 Å². The van der Waals surface area contributed by atoms with E-state index in [1.54, 1.807) is 31.6 Å². The van der Waals surface area contributed by atoms with Crippen molar-refractivity contribution in [2.45, 2.75) is 6.92 Å². The molecule has 2 aromatic rings. The fraction of sp³-hybridized carbons (Fsp3) is 0.154. The molecule has 0 bridgehead atoms. The van der Waals surface area contributed by atoms with Crippen LogP contribution in [0.5, 0.6) is 0 Å². The van der Waals surface area contributed by atoms with E-state index < -0.39 is 0 Å². The van der Waals surface area contributed by atoms with Gasteiger partial charge >= 0.3 is 5.97 Å². The standard InChI is InChI=1S/C13H12N2O2/c1-2-17-12(16)6-5-11-9-14-8-10-4-3-7-15-13(10)11/h3-9H,2H2,1H3. The van der Waals surface area contributed by atoms with Gasteiger partial charge in [-0.15, -0.1) is 0 Å². The number of hydrogen-bond acceptors (Lipinski definition) is 4. The van der Waals surface area contributed by atoms with E-state index in [1.807, 2.05) is 12.1 Å². The number of carbonyl (C=O) groups is 1. The van der Waals surface area contributed by atoms with Crippen LogP contribution < -0.4 is 0 Å². The van der Waals surface area contributed by atoms with Crippen LogP contribution in [0, 0.1) is 0 Å². The van der Waals surface area contributed by atoms with Crippen molar-refractivity contribution < 1.29 is 9.53 Å². The first-order valence-corrected chi connectivity index (χ1v) is 5.35. The van der Waals surface area contributed by atoms with E-state index in [9.17, 15) is 4.79 Å². The van der Waals surface area contributed by atoms with Crippen LogP contribution in [0.1, 0.15) is 12.5 Å². The molecule has 2 heterocycles. The summed E-state index contributed by atoms with van der Waals surface area (Å²) >= 11 is 0.